The average molecular weight is 478 g/mol. The van der Waals surface area contributed by atoms with Gasteiger partial charge in [0.2, 0.25) is 5.92 Å². The van der Waals surface area contributed by atoms with Gasteiger partial charge in [-0.3, -0.25) is 0 Å². The lowest BCUT2D eigenvalue weighted by molar-refractivity contribution is -0.0641. The third-order valence-corrected chi connectivity index (χ3v) is 9.88. The van der Waals surface area contributed by atoms with Gasteiger partial charge in [-0.2, -0.15) is 0 Å². The molecule has 0 aromatic heterocycles. The number of aliphatic hydroxyl groups excluding tert-OH is 2. The van der Waals surface area contributed by atoms with Gasteiger partial charge in [0.15, 0.2) is 0 Å². The lowest BCUT2D eigenvalue weighted by atomic mass is 9.61. The Morgan fingerprint density at radius 2 is 1.76 bits per heavy atom. The van der Waals surface area contributed by atoms with Gasteiger partial charge in [-0.1, -0.05) is 43.7 Å². The quantitative estimate of drug-likeness (QED) is 0.468. The van der Waals surface area contributed by atoms with Crippen LogP contribution in [0.5, 0.6) is 0 Å². The summed E-state index contributed by atoms with van der Waals surface area (Å²) in [6, 6.07) is 0. The molecule has 0 amide bonds. The molecule has 4 fully saturated rings. The Hall–Kier alpha value is -1.04. The Kier molecular flexibility index (Phi) is 7.77. The highest BCUT2D eigenvalue weighted by molar-refractivity contribution is 5.29. The summed E-state index contributed by atoms with van der Waals surface area (Å²) in [7, 11) is 0. The van der Waals surface area contributed by atoms with E-state index in [0.29, 0.717) is 54.4 Å². The lowest BCUT2D eigenvalue weighted by Gasteiger charge is -2.45. The number of likely N-dealkylation sites (tertiary alicyclic amines) is 1. The first kappa shape index (κ1) is 26.0. The minimum absolute atomic E-state index is 0.302. The molecule has 34 heavy (non-hydrogen) atoms. The van der Waals surface area contributed by atoms with Crippen LogP contribution in [0, 0.1) is 29.1 Å². The topological polar surface area (TPSA) is 43.7 Å². The lowest BCUT2D eigenvalue weighted by Crippen LogP contribution is -2.44. The van der Waals surface area contributed by atoms with Crippen molar-refractivity contribution in [3.05, 3.63) is 35.5 Å². The van der Waals surface area contributed by atoms with Crippen molar-refractivity contribution in [1.29, 1.82) is 0 Å². The normalized spacial score (nSPS) is 38.3. The summed E-state index contributed by atoms with van der Waals surface area (Å²) in [5, 5.41) is 20.3. The van der Waals surface area contributed by atoms with Crippen LogP contribution in [0.3, 0.4) is 0 Å². The third kappa shape index (κ3) is 5.37. The van der Waals surface area contributed by atoms with Crippen molar-refractivity contribution in [2.24, 2.45) is 29.1 Å². The van der Waals surface area contributed by atoms with E-state index in [1.54, 1.807) is 0 Å². The van der Waals surface area contributed by atoms with Crippen LogP contribution in [0.1, 0.15) is 78.6 Å². The van der Waals surface area contributed by atoms with Gasteiger partial charge in [-0.25, -0.2) is 8.78 Å². The fourth-order valence-corrected chi connectivity index (χ4v) is 7.80. The zero-order chi connectivity index (χ0) is 24.7. The Bertz CT molecular complexity index is 791. The van der Waals surface area contributed by atoms with Crippen molar-refractivity contribution >= 4 is 0 Å². The van der Waals surface area contributed by atoms with Crippen LogP contribution in [0.4, 0.5) is 8.78 Å². The van der Waals surface area contributed by atoms with Gasteiger partial charge in [0, 0.05) is 12.5 Å². The summed E-state index contributed by atoms with van der Waals surface area (Å²) in [5.41, 5.74) is 3.48. The number of rotatable bonds is 5. The van der Waals surface area contributed by atoms with Gasteiger partial charge in [0.25, 0.3) is 0 Å². The first-order valence-electron chi connectivity index (χ1n) is 13.5. The van der Waals surface area contributed by atoms with Crippen LogP contribution < -0.4 is 0 Å². The third-order valence-electron chi connectivity index (χ3n) is 9.88. The van der Waals surface area contributed by atoms with E-state index in [-0.39, 0.29) is 0 Å². The van der Waals surface area contributed by atoms with Crippen molar-refractivity contribution in [2.45, 2.75) is 96.7 Å². The molecule has 192 valence electrons. The molecule has 0 aromatic carbocycles. The Morgan fingerprint density at radius 1 is 1.12 bits per heavy atom. The summed E-state index contributed by atoms with van der Waals surface area (Å²) >= 11 is 0. The van der Waals surface area contributed by atoms with E-state index in [9.17, 15) is 19.0 Å². The van der Waals surface area contributed by atoms with Gasteiger partial charge >= 0.3 is 0 Å². The molecule has 4 rings (SSSR count). The van der Waals surface area contributed by atoms with Crippen LogP contribution >= 0.6 is 0 Å². The van der Waals surface area contributed by atoms with E-state index in [1.165, 1.54) is 31.3 Å². The molecule has 5 heteroatoms. The molecule has 0 radical (unpaired) electrons. The largest absolute Gasteiger partial charge is 0.388 e. The van der Waals surface area contributed by atoms with E-state index in [4.69, 9.17) is 0 Å². The van der Waals surface area contributed by atoms with Crippen molar-refractivity contribution in [2.75, 3.05) is 19.6 Å². The monoisotopic (exact) mass is 477 g/mol. The second-order valence-corrected chi connectivity index (χ2v) is 12.2. The van der Waals surface area contributed by atoms with Crippen molar-refractivity contribution in [3.8, 4) is 0 Å². The predicted octanol–water partition coefficient (Wildman–Crippen LogP) is 6.13. The molecule has 1 heterocycles. The van der Waals surface area contributed by atoms with E-state index in [2.05, 4.69) is 37.5 Å². The molecule has 0 spiro atoms. The molecule has 3 nitrogen and oxygen atoms in total. The number of hydrogen-bond acceptors (Lipinski definition) is 3. The number of fused-ring (bicyclic) bond motifs is 1. The van der Waals surface area contributed by atoms with Crippen LogP contribution in [-0.2, 0) is 0 Å². The van der Waals surface area contributed by atoms with Gasteiger partial charge in [-0.15, -0.1) is 0 Å². The molecule has 3 aliphatic carbocycles. The van der Waals surface area contributed by atoms with Gasteiger partial charge in [-0.05, 0) is 107 Å². The van der Waals surface area contributed by atoms with Gasteiger partial charge in [0.05, 0.1) is 12.2 Å². The number of alkyl halides is 2. The number of allylic oxidation sites excluding steroid dienone is 3. The highest BCUT2D eigenvalue weighted by Crippen LogP contribution is 2.59. The SMILES string of the molecule is C=C1[C@H](O)CC(=C/C=C2\CCC[C@]3(C)[C@@H]([C@@H](C)CN4CCC(C(C)(F)F)CC4)CC[C@@H]23)C[C@H]1O. The Balaban J connectivity index is 1.39. The van der Waals surface area contributed by atoms with Crippen LogP contribution in [0.15, 0.2) is 35.5 Å². The molecule has 1 saturated heterocycles. The highest BCUT2D eigenvalue weighted by Gasteiger charge is 2.51. The van der Waals surface area contributed by atoms with Gasteiger partial charge < -0.3 is 15.1 Å². The molecular weight excluding hydrogens is 432 g/mol. The average Bonchev–Trinajstić information content (AvgIpc) is 3.13. The smallest absolute Gasteiger partial charge is 0.248 e. The number of aliphatic hydroxyl groups is 2. The van der Waals surface area contributed by atoms with Crippen molar-refractivity contribution in [1.82, 2.24) is 4.90 Å². The first-order chi connectivity index (χ1) is 16.0. The summed E-state index contributed by atoms with van der Waals surface area (Å²) in [5.74, 6) is -1.17. The van der Waals surface area contributed by atoms with Crippen molar-refractivity contribution in [3.63, 3.8) is 0 Å². The predicted molar refractivity (Wildman–Crippen MR) is 134 cm³/mol. The summed E-state index contributed by atoms with van der Waals surface area (Å²) in [6.45, 7) is 12.4. The molecule has 0 unspecified atom stereocenters. The number of halogens is 2. The van der Waals surface area contributed by atoms with E-state index in [0.717, 1.165) is 38.6 Å². The maximum absolute atomic E-state index is 13.7. The summed E-state index contributed by atoms with van der Waals surface area (Å²) < 4.78 is 27.4. The van der Waals surface area contributed by atoms with Crippen LogP contribution in [0.25, 0.3) is 0 Å². The minimum Gasteiger partial charge on any atom is -0.388 e. The molecule has 4 aliphatic rings. The zero-order valence-corrected chi connectivity index (χ0v) is 21.4. The fraction of sp³-hybridized carbons (Fsp3) is 0.793. The van der Waals surface area contributed by atoms with Crippen molar-refractivity contribution < 1.29 is 19.0 Å². The van der Waals surface area contributed by atoms with E-state index in [1.807, 2.05) is 0 Å². The molecule has 2 N–H and O–H groups in total. The molecule has 6 atom stereocenters. The van der Waals surface area contributed by atoms with Gasteiger partial charge in [0.1, 0.15) is 0 Å². The second-order valence-electron chi connectivity index (χ2n) is 12.2. The van der Waals surface area contributed by atoms with E-state index < -0.39 is 24.0 Å². The Morgan fingerprint density at radius 3 is 2.38 bits per heavy atom. The van der Waals surface area contributed by atoms with Crippen LogP contribution in [-0.4, -0.2) is 52.9 Å². The summed E-state index contributed by atoms with van der Waals surface area (Å²) in [6.07, 6.45) is 11.6. The molecule has 0 aromatic rings. The number of nitrogens with zero attached hydrogens (tertiary/aromatic N) is 1. The first-order valence-corrected chi connectivity index (χ1v) is 13.5. The minimum atomic E-state index is -2.55. The standard InChI is InChI=1S/C29H45F2NO2/c1-19(18-32-14-11-23(12-15-32)29(4,30)31)24-9-10-25-22(6-5-13-28(24,25)3)8-7-21-16-26(33)20(2)27(34)17-21/h7-8,19,23-27,33-34H,2,5-6,9-18H2,1,3-4H3/b22-8+/t19-,24+,25-,26+,27+,28+/m0/s1. The van der Waals surface area contributed by atoms with Crippen LogP contribution in [0.2, 0.25) is 0 Å². The second kappa shape index (κ2) is 10.1. The Labute approximate surface area is 205 Å². The molecular formula is C29H45F2NO2. The number of piperidine rings is 1. The zero-order valence-electron chi connectivity index (χ0n) is 21.4. The van der Waals surface area contributed by atoms with E-state index >= 15 is 0 Å². The molecule has 3 saturated carbocycles. The number of hydrogen-bond donors (Lipinski definition) is 2. The maximum atomic E-state index is 13.7. The maximum Gasteiger partial charge on any atom is 0.248 e. The molecule has 1 aliphatic heterocycles. The fourth-order valence-electron chi connectivity index (χ4n) is 7.80. The summed E-state index contributed by atoms with van der Waals surface area (Å²) in [4.78, 5) is 2.43. The molecule has 0 bridgehead atoms. The highest BCUT2D eigenvalue weighted by atomic mass is 19.3.